The van der Waals surface area contributed by atoms with Crippen LogP contribution in [0, 0.1) is 5.82 Å². The molecule has 0 aliphatic heterocycles. The van der Waals surface area contributed by atoms with Crippen LogP contribution < -0.4 is 4.74 Å². The normalized spacial score (nSPS) is 10.5. The Morgan fingerprint density at radius 2 is 2.11 bits per heavy atom. The number of rotatable bonds is 4. The van der Waals surface area contributed by atoms with E-state index in [1.807, 2.05) is 6.92 Å². The molecule has 100 valence electrons. The van der Waals surface area contributed by atoms with Gasteiger partial charge in [-0.2, -0.15) is 0 Å². The molecule has 0 fully saturated rings. The Morgan fingerprint density at radius 3 is 2.74 bits per heavy atom. The summed E-state index contributed by atoms with van der Waals surface area (Å²) >= 11 is 6.07. The van der Waals surface area contributed by atoms with Crippen molar-refractivity contribution < 1.29 is 9.13 Å². The summed E-state index contributed by atoms with van der Waals surface area (Å²) in [7, 11) is 1.50. The molecule has 3 nitrogen and oxygen atoms in total. The van der Waals surface area contributed by atoms with E-state index >= 15 is 0 Å². The number of halogens is 2. The smallest absolute Gasteiger partial charge is 0.136 e. The molecule has 0 N–H and O–H groups in total. The first-order valence-electron chi connectivity index (χ1n) is 6.00. The lowest BCUT2D eigenvalue weighted by molar-refractivity contribution is 0.411. The second-order valence-corrected chi connectivity index (χ2v) is 4.45. The van der Waals surface area contributed by atoms with Crippen LogP contribution >= 0.6 is 11.6 Å². The lowest BCUT2D eigenvalue weighted by atomic mass is 10.0. The van der Waals surface area contributed by atoms with Crippen LogP contribution in [0.25, 0.3) is 11.3 Å². The number of ether oxygens (including phenoxy) is 1. The van der Waals surface area contributed by atoms with Gasteiger partial charge in [0.25, 0.3) is 0 Å². The Bertz CT molecular complexity index is 590. The Kier molecular flexibility index (Phi) is 4.32. The van der Waals surface area contributed by atoms with Gasteiger partial charge in [0, 0.05) is 17.2 Å². The van der Waals surface area contributed by atoms with E-state index in [9.17, 15) is 4.39 Å². The topological polar surface area (TPSA) is 35.0 Å². The minimum absolute atomic E-state index is 0.377. The molecule has 2 aromatic rings. The zero-order valence-corrected chi connectivity index (χ0v) is 11.5. The molecule has 0 amide bonds. The molecule has 0 radical (unpaired) electrons. The first-order valence-corrected chi connectivity index (χ1v) is 6.38. The van der Waals surface area contributed by atoms with Crippen LogP contribution in [0.15, 0.2) is 24.5 Å². The second-order valence-electron chi connectivity index (χ2n) is 4.09. The van der Waals surface area contributed by atoms with Crippen molar-refractivity contribution in [2.45, 2.75) is 19.8 Å². The van der Waals surface area contributed by atoms with Crippen molar-refractivity contribution in [3.63, 3.8) is 0 Å². The van der Waals surface area contributed by atoms with Crippen LogP contribution in [0.5, 0.6) is 5.75 Å². The average Bonchev–Trinajstić information content (AvgIpc) is 2.41. The van der Waals surface area contributed by atoms with Crippen molar-refractivity contribution in [3.8, 4) is 17.0 Å². The summed E-state index contributed by atoms with van der Waals surface area (Å²) in [6.07, 6.45) is 2.94. The number of methoxy groups -OCH3 is 1. The summed E-state index contributed by atoms with van der Waals surface area (Å²) in [5.74, 6) is 0.0879. The van der Waals surface area contributed by atoms with E-state index in [0.29, 0.717) is 28.6 Å². The monoisotopic (exact) mass is 280 g/mol. The summed E-state index contributed by atoms with van der Waals surface area (Å²) in [6.45, 7) is 2.03. The highest BCUT2D eigenvalue weighted by Crippen LogP contribution is 2.30. The maximum Gasteiger partial charge on any atom is 0.136 e. The molecular formula is C14H14ClFN2O. The van der Waals surface area contributed by atoms with Gasteiger partial charge in [-0.15, -0.1) is 0 Å². The van der Waals surface area contributed by atoms with Gasteiger partial charge in [0.1, 0.15) is 23.0 Å². The van der Waals surface area contributed by atoms with Gasteiger partial charge in [0.2, 0.25) is 0 Å². The van der Waals surface area contributed by atoms with E-state index in [-0.39, 0.29) is 5.82 Å². The lowest BCUT2D eigenvalue weighted by Gasteiger charge is -2.10. The number of hydrogen-bond acceptors (Lipinski definition) is 3. The number of hydrogen-bond donors (Lipinski definition) is 0. The van der Waals surface area contributed by atoms with Crippen molar-refractivity contribution in [1.29, 1.82) is 0 Å². The highest BCUT2D eigenvalue weighted by Gasteiger charge is 2.15. The Hall–Kier alpha value is -1.68. The fourth-order valence-corrected chi connectivity index (χ4v) is 2.14. The van der Waals surface area contributed by atoms with Crippen molar-refractivity contribution in [3.05, 3.63) is 41.1 Å². The van der Waals surface area contributed by atoms with Gasteiger partial charge >= 0.3 is 0 Å². The standard InChI is InChI=1S/C14H14ClFN2O/c1-3-4-11-13(17-8-18-14(11)15)10-6-5-9(19-2)7-12(10)16/h5-8H,3-4H2,1-2H3. The van der Waals surface area contributed by atoms with E-state index in [2.05, 4.69) is 9.97 Å². The molecule has 0 atom stereocenters. The largest absolute Gasteiger partial charge is 0.497 e. The van der Waals surface area contributed by atoms with Gasteiger partial charge in [-0.1, -0.05) is 24.9 Å². The lowest BCUT2D eigenvalue weighted by Crippen LogP contribution is -1.99. The summed E-state index contributed by atoms with van der Waals surface area (Å²) in [4.78, 5) is 8.12. The molecule has 0 bridgehead atoms. The van der Waals surface area contributed by atoms with Crippen LogP contribution in [0.4, 0.5) is 4.39 Å². The van der Waals surface area contributed by atoms with E-state index in [1.54, 1.807) is 12.1 Å². The van der Waals surface area contributed by atoms with E-state index in [0.717, 1.165) is 12.0 Å². The SMILES string of the molecule is CCCc1c(Cl)ncnc1-c1ccc(OC)cc1F. The molecule has 19 heavy (non-hydrogen) atoms. The van der Waals surface area contributed by atoms with Gasteiger partial charge in [0.05, 0.1) is 12.8 Å². The van der Waals surface area contributed by atoms with Crippen LogP contribution in [-0.2, 0) is 6.42 Å². The van der Waals surface area contributed by atoms with Crippen LogP contribution in [-0.4, -0.2) is 17.1 Å². The minimum Gasteiger partial charge on any atom is -0.497 e. The summed E-state index contributed by atoms with van der Waals surface area (Å²) < 4.78 is 19.1. The third-order valence-electron chi connectivity index (χ3n) is 2.82. The predicted octanol–water partition coefficient (Wildman–Crippen LogP) is 3.90. The summed E-state index contributed by atoms with van der Waals surface area (Å²) in [5.41, 5.74) is 1.73. The van der Waals surface area contributed by atoms with Crippen molar-refractivity contribution >= 4 is 11.6 Å². The third-order valence-corrected chi connectivity index (χ3v) is 3.15. The second kappa shape index (κ2) is 5.97. The first-order chi connectivity index (χ1) is 9.17. The predicted molar refractivity (Wildman–Crippen MR) is 73.0 cm³/mol. The van der Waals surface area contributed by atoms with Gasteiger partial charge in [-0.3, -0.25) is 0 Å². The third kappa shape index (κ3) is 2.84. The van der Waals surface area contributed by atoms with Crippen LogP contribution in [0.3, 0.4) is 0 Å². The maximum atomic E-state index is 14.1. The average molecular weight is 281 g/mol. The quantitative estimate of drug-likeness (QED) is 0.797. The molecule has 0 saturated heterocycles. The van der Waals surface area contributed by atoms with Gasteiger partial charge < -0.3 is 4.74 Å². The molecule has 0 saturated carbocycles. The molecule has 0 unspecified atom stereocenters. The Balaban J connectivity index is 2.55. The number of aromatic nitrogens is 2. The number of nitrogens with zero attached hydrogens (tertiary/aromatic N) is 2. The molecule has 1 aromatic carbocycles. The number of benzene rings is 1. The molecule has 0 spiro atoms. The highest BCUT2D eigenvalue weighted by atomic mass is 35.5. The molecule has 5 heteroatoms. The van der Waals surface area contributed by atoms with Crippen molar-refractivity contribution in [1.82, 2.24) is 9.97 Å². The first kappa shape index (κ1) is 13.7. The fraction of sp³-hybridized carbons (Fsp3) is 0.286. The summed E-state index contributed by atoms with van der Waals surface area (Å²) in [6, 6.07) is 4.68. The van der Waals surface area contributed by atoms with Gasteiger partial charge in [-0.05, 0) is 18.6 Å². The fourth-order valence-electron chi connectivity index (χ4n) is 1.91. The van der Waals surface area contributed by atoms with Crippen LogP contribution in [0.2, 0.25) is 5.15 Å². The zero-order valence-electron chi connectivity index (χ0n) is 10.8. The van der Waals surface area contributed by atoms with Gasteiger partial charge in [-0.25, -0.2) is 14.4 Å². The van der Waals surface area contributed by atoms with Crippen LogP contribution in [0.1, 0.15) is 18.9 Å². The van der Waals surface area contributed by atoms with Gasteiger partial charge in [0.15, 0.2) is 0 Å². The molecule has 1 aromatic heterocycles. The Labute approximate surface area is 116 Å². The minimum atomic E-state index is -0.383. The Morgan fingerprint density at radius 1 is 1.32 bits per heavy atom. The zero-order chi connectivity index (χ0) is 13.8. The molecule has 0 aliphatic rings. The molecule has 0 aliphatic carbocycles. The van der Waals surface area contributed by atoms with E-state index < -0.39 is 0 Å². The highest BCUT2D eigenvalue weighted by molar-refractivity contribution is 6.30. The molecule has 1 heterocycles. The van der Waals surface area contributed by atoms with E-state index in [1.165, 1.54) is 19.5 Å². The molecule has 2 rings (SSSR count). The van der Waals surface area contributed by atoms with Crippen molar-refractivity contribution in [2.24, 2.45) is 0 Å². The maximum absolute atomic E-state index is 14.1. The van der Waals surface area contributed by atoms with E-state index in [4.69, 9.17) is 16.3 Å². The van der Waals surface area contributed by atoms with Crippen molar-refractivity contribution in [2.75, 3.05) is 7.11 Å². The molecular weight excluding hydrogens is 267 g/mol. The summed E-state index contributed by atoms with van der Waals surface area (Å²) in [5, 5.41) is 0.377.